The number of hydrogen-bond donors (Lipinski definition) is 0. The van der Waals surface area contributed by atoms with Crippen LogP contribution < -0.4 is 5.56 Å². The molecule has 1 unspecified atom stereocenters. The molecule has 1 aliphatic rings. The lowest BCUT2D eigenvalue weighted by molar-refractivity contribution is 0.0671. The van der Waals surface area contributed by atoms with Gasteiger partial charge in [0.1, 0.15) is 5.69 Å². The Kier molecular flexibility index (Phi) is 4.69. The first-order valence-corrected chi connectivity index (χ1v) is 8.85. The van der Waals surface area contributed by atoms with Crippen molar-refractivity contribution in [3.05, 3.63) is 39.8 Å². The van der Waals surface area contributed by atoms with E-state index in [1.165, 1.54) is 6.42 Å². The van der Waals surface area contributed by atoms with Gasteiger partial charge in [-0.25, -0.2) is 4.98 Å². The molecule has 1 atom stereocenters. The maximum absolute atomic E-state index is 12.8. The lowest BCUT2D eigenvalue weighted by atomic mass is 9.95. The Morgan fingerprint density at radius 2 is 2.12 bits per heavy atom. The zero-order valence-corrected chi connectivity index (χ0v) is 14.7. The Bertz CT molecular complexity index is 825. The molecular formula is C19H25N3O2. The van der Waals surface area contributed by atoms with Gasteiger partial charge < -0.3 is 9.47 Å². The van der Waals surface area contributed by atoms with Crippen molar-refractivity contribution in [1.82, 2.24) is 14.5 Å². The lowest BCUT2D eigenvalue weighted by Crippen LogP contribution is -2.39. The third-order valence-electron chi connectivity index (χ3n) is 5.06. The van der Waals surface area contributed by atoms with Gasteiger partial charge in [-0.3, -0.25) is 9.59 Å². The average Bonchev–Trinajstić information content (AvgIpc) is 2.62. The zero-order valence-electron chi connectivity index (χ0n) is 14.7. The van der Waals surface area contributed by atoms with E-state index in [0.29, 0.717) is 29.2 Å². The molecule has 1 aromatic carbocycles. The summed E-state index contributed by atoms with van der Waals surface area (Å²) in [4.78, 5) is 31.4. The van der Waals surface area contributed by atoms with E-state index in [9.17, 15) is 9.59 Å². The van der Waals surface area contributed by atoms with Gasteiger partial charge in [0.05, 0.1) is 11.0 Å². The number of carbonyl (C=O) groups is 1. The van der Waals surface area contributed by atoms with Gasteiger partial charge in [-0.15, -0.1) is 0 Å². The molecule has 1 aliphatic heterocycles. The zero-order chi connectivity index (χ0) is 17.3. The van der Waals surface area contributed by atoms with Crippen LogP contribution in [0.1, 0.15) is 49.2 Å². The van der Waals surface area contributed by atoms with E-state index in [2.05, 4.69) is 11.9 Å². The summed E-state index contributed by atoms with van der Waals surface area (Å²) >= 11 is 0. The third kappa shape index (κ3) is 2.95. The molecule has 0 saturated carbocycles. The highest BCUT2D eigenvalue weighted by Crippen LogP contribution is 2.22. The first-order valence-electron chi connectivity index (χ1n) is 8.85. The number of rotatable bonds is 3. The number of amides is 1. The summed E-state index contributed by atoms with van der Waals surface area (Å²) in [6, 6.07) is 5.50. The lowest BCUT2D eigenvalue weighted by Gasteiger charge is -2.32. The molecule has 24 heavy (non-hydrogen) atoms. The Balaban J connectivity index is 1.97. The Hall–Kier alpha value is -2.17. The second-order valence-electron chi connectivity index (χ2n) is 6.62. The van der Waals surface area contributed by atoms with Crippen molar-refractivity contribution in [3.8, 4) is 0 Å². The molecule has 0 aliphatic carbocycles. The van der Waals surface area contributed by atoms with Crippen LogP contribution in [-0.2, 0) is 6.54 Å². The molecule has 0 bridgehead atoms. The highest BCUT2D eigenvalue weighted by Gasteiger charge is 2.23. The van der Waals surface area contributed by atoms with Crippen LogP contribution in [0.4, 0.5) is 0 Å². The molecule has 5 heteroatoms. The minimum atomic E-state index is -0.0640. The summed E-state index contributed by atoms with van der Waals surface area (Å²) in [5.74, 6) is 0.678. The summed E-state index contributed by atoms with van der Waals surface area (Å²) in [5.41, 5.74) is 2.56. The van der Waals surface area contributed by atoms with E-state index >= 15 is 0 Å². The van der Waals surface area contributed by atoms with Crippen LogP contribution in [0.5, 0.6) is 0 Å². The number of aromatic nitrogens is 2. The van der Waals surface area contributed by atoms with Crippen LogP contribution in [0, 0.1) is 12.8 Å². The van der Waals surface area contributed by atoms with E-state index in [4.69, 9.17) is 0 Å². The minimum absolute atomic E-state index is 0.0640. The van der Waals surface area contributed by atoms with Crippen molar-refractivity contribution in [2.75, 3.05) is 13.1 Å². The second-order valence-corrected chi connectivity index (χ2v) is 6.62. The van der Waals surface area contributed by atoms with Gasteiger partial charge in [0.2, 0.25) is 0 Å². The maximum Gasteiger partial charge on any atom is 0.272 e. The van der Waals surface area contributed by atoms with Gasteiger partial charge in [-0.2, -0.15) is 0 Å². The predicted molar refractivity (Wildman–Crippen MR) is 95.3 cm³/mol. The third-order valence-corrected chi connectivity index (χ3v) is 5.06. The van der Waals surface area contributed by atoms with Crippen molar-refractivity contribution in [3.63, 3.8) is 0 Å². The smallest absolute Gasteiger partial charge is 0.272 e. The topological polar surface area (TPSA) is 55.2 Å². The number of fused-ring (bicyclic) bond motifs is 1. The van der Waals surface area contributed by atoms with Crippen molar-refractivity contribution >= 4 is 16.9 Å². The Morgan fingerprint density at radius 1 is 1.33 bits per heavy atom. The predicted octanol–water partition coefficient (Wildman–Crippen LogP) is 2.99. The number of nitrogens with zero attached hydrogens (tertiary/aromatic N) is 3. The fourth-order valence-corrected chi connectivity index (χ4v) is 3.59. The number of piperidine rings is 1. The van der Waals surface area contributed by atoms with Crippen LogP contribution in [0.3, 0.4) is 0 Å². The summed E-state index contributed by atoms with van der Waals surface area (Å²) in [5, 5.41) is 0. The van der Waals surface area contributed by atoms with Gasteiger partial charge in [0, 0.05) is 25.2 Å². The monoisotopic (exact) mass is 327 g/mol. The van der Waals surface area contributed by atoms with E-state index in [0.717, 1.165) is 31.4 Å². The standard InChI is InChI=1S/C19H25N3O2/c1-4-14-7-6-10-21(12-14)19(24)15-8-9-17-16(11-15)20-13(3)18(23)22(17)5-2/h8-9,11,14H,4-7,10,12H2,1-3H3. The molecule has 2 aromatic rings. The van der Waals surface area contributed by atoms with Gasteiger partial charge in [-0.1, -0.05) is 13.3 Å². The number of carbonyl (C=O) groups excluding carboxylic acids is 1. The average molecular weight is 327 g/mol. The van der Waals surface area contributed by atoms with Crippen LogP contribution in [0.2, 0.25) is 0 Å². The molecule has 128 valence electrons. The molecule has 1 amide bonds. The summed E-state index contributed by atoms with van der Waals surface area (Å²) in [6.07, 6.45) is 3.40. The maximum atomic E-state index is 12.8. The quantitative estimate of drug-likeness (QED) is 0.871. The van der Waals surface area contributed by atoms with Crippen molar-refractivity contribution in [1.29, 1.82) is 0 Å². The first kappa shape index (κ1) is 16.7. The highest BCUT2D eigenvalue weighted by atomic mass is 16.2. The fourth-order valence-electron chi connectivity index (χ4n) is 3.59. The van der Waals surface area contributed by atoms with Crippen LogP contribution in [0.25, 0.3) is 11.0 Å². The molecule has 0 N–H and O–H groups in total. The molecule has 0 radical (unpaired) electrons. The van der Waals surface area contributed by atoms with Gasteiger partial charge in [-0.05, 0) is 50.8 Å². The summed E-state index contributed by atoms with van der Waals surface area (Å²) in [7, 11) is 0. The molecule has 0 spiro atoms. The van der Waals surface area contributed by atoms with Crippen molar-refractivity contribution in [2.24, 2.45) is 5.92 Å². The fraction of sp³-hybridized carbons (Fsp3) is 0.526. The molecule has 2 heterocycles. The summed E-state index contributed by atoms with van der Waals surface area (Å²) < 4.78 is 1.71. The summed E-state index contributed by atoms with van der Waals surface area (Å²) in [6.45, 7) is 8.11. The molecule has 1 saturated heterocycles. The van der Waals surface area contributed by atoms with Gasteiger partial charge >= 0.3 is 0 Å². The SMILES string of the molecule is CCC1CCCN(C(=O)c2ccc3c(c2)nc(C)c(=O)n3CC)C1. The van der Waals surface area contributed by atoms with E-state index in [-0.39, 0.29) is 11.5 Å². The van der Waals surface area contributed by atoms with E-state index < -0.39 is 0 Å². The largest absolute Gasteiger partial charge is 0.338 e. The highest BCUT2D eigenvalue weighted by molar-refractivity contribution is 5.97. The second kappa shape index (κ2) is 6.75. The van der Waals surface area contributed by atoms with Gasteiger partial charge in [0.15, 0.2) is 0 Å². The minimum Gasteiger partial charge on any atom is -0.338 e. The molecule has 3 rings (SSSR count). The molecular weight excluding hydrogens is 302 g/mol. The van der Waals surface area contributed by atoms with Gasteiger partial charge in [0.25, 0.3) is 11.5 Å². The number of benzene rings is 1. The Labute approximate surface area is 142 Å². The molecule has 1 fully saturated rings. The van der Waals surface area contributed by atoms with E-state index in [1.54, 1.807) is 11.5 Å². The number of hydrogen-bond acceptors (Lipinski definition) is 3. The van der Waals surface area contributed by atoms with Crippen LogP contribution >= 0.6 is 0 Å². The van der Waals surface area contributed by atoms with Crippen LogP contribution in [0.15, 0.2) is 23.0 Å². The van der Waals surface area contributed by atoms with E-state index in [1.807, 2.05) is 30.0 Å². The molecule has 5 nitrogen and oxygen atoms in total. The molecule has 1 aromatic heterocycles. The normalized spacial score (nSPS) is 18.1. The van der Waals surface area contributed by atoms with Crippen molar-refractivity contribution < 1.29 is 4.79 Å². The first-order chi connectivity index (χ1) is 11.5. The number of likely N-dealkylation sites (tertiary alicyclic amines) is 1. The number of aryl methyl sites for hydroxylation is 2. The Morgan fingerprint density at radius 3 is 2.83 bits per heavy atom. The van der Waals surface area contributed by atoms with Crippen LogP contribution in [-0.4, -0.2) is 33.4 Å². The van der Waals surface area contributed by atoms with Crippen molar-refractivity contribution in [2.45, 2.75) is 46.6 Å².